The Hall–Kier alpha value is -3.55. The van der Waals surface area contributed by atoms with Crippen molar-refractivity contribution in [1.29, 1.82) is 0 Å². The summed E-state index contributed by atoms with van der Waals surface area (Å²) in [5.74, 6) is -0.837. The zero-order chi connectivity index (χ0) is 25.1. The number of amides is 1. The van der Waals surface area contributed by atoms with Gasteiger partial charge in [0.25, 0.3) is 0 Å². The summed E-state index contributed by atoms with van der Waals surface area (Å²) in [5, 5.41) is 2.69. The third-order valence-electron chi connectivity index (χ3n) is 4.61. The van der Waals surface area contributed by atoms with Crippen LogP contribution in [0.25, 0.3) is 0 Å². The van der Waals surface area contributed by atoms with Crippen molar-refractivity contribution in [3.8, 4) is 11.5 Å². The first-order valence-electron chi connectivity index (χ1n) is 11.2. The van der Waals surface area contributed by atoms with Crippen molar-refractivity contribution in [1.82, 2.24) is 0 Å². The lowest BCUT2D eigenvalue weighted by molar-refractivity contribution is 0.00641. The van der Waals surface area contributed by atoms with Gasteiger partial charge in [0.1, 0.15) is 16.8 Å². The number of carbonyl (C=O) groups excluding carboxylic acids is 3. The van der Waals surface area contributed by atoms with Gasteiger partial charge in [-0.2, -0.15) is 0 Å². The lowest BCUT2D eigenvalue weighted by atomic mass is 10.0. The molecule has 2 aromatic rings. The minimum atomic E-state index is -0.684. The highest BCUT2D eigenvalue weighted by Crippen LogP contribution is 2.34. The Morgan fingerprint density at radius 2 is 1.68 bits per heavy atom. The molecule has 0 saturated heterocycles. The number of hydrogen-bond acceptors (Lipinski definition) is 7. The first kappa shape index (κ1) is 25.1. The molecule has 1 aliphatic rings. The van der Waals surface area contributed by atoms with Crippen molar-refractivity contribution >= 4 is 23.7 Å². The van der Waals surface area contributed by atoms with Gasteiger partial charge in [-0.05, 0) is 90.3 Å². The molecule has 0 spiro atoms. The zero-order valence-electron chi connectivity index (χ0n) is 20.4. The second-order valence-electron chi connectivity index (χ2n) is 9.98. The fraction of sp³-hybridized carbons (Fsp3) is 0.423. The van der Waals surface area contributed by atoms with Crippen LogP contribution in [0.2, 0.25) is 0 Å². The van der Waals surface area contributed by atoms with E-state index >= 15 is 0 Å². The lowest BCUT2D eigenvalue weighted by Crippen LogP contribution is -2.27. The highest BCUT2D eigenvalue weighted by Gasteiger charge is 2.26. The number of aryl methyl sites for hydroxylation is 1. The second kappa shape index (κ2) is 9.75. The Balaban J connectivity index is 1.87. The summed E-state index contributed by atoms with van der Waals surface area (Å²) >= 11 is 0. The Bertz CT molecular complexity index is 1090. The van der Waals surface area contributed by atoms with Gasteiger partial charge in [-0.15, -0.1) is 0 Å². The van der Waals surface area contributed by atoms with E-state index in [9.17, 15) is 14.4 Å². The second-order valence-corrected chi connectivity index (χ2v) is 9.98. The molecule has 1 heterocycles. The van der Waals surface area contributed by atoms with E-state index in [1.54, 1.807) is 77.9 Å². The average molecular weight is 470 g/mol. The van der Waals surface area contributed by atoms with E-state index in [0.29, 0.717) is 29.7 Å². The number of anilines is 1. The van der Waals surface area contributed by atoms with Crippen molar-refractivity contribution in [2.24, 2.45) is 0 Å². The normalized spacial score (nSPS) is 14.0. The number of esters is 2. The van der Waals surface area contributed by atoms with Crippen LogP contribution in [0.15, 0.2) is 36.4 Å². The van der Waals surface area contributed by atoms with Crippen molar-refractivity contribution in [3.05, 3.63) is 53.1 Å². The van der Waals surface area contributed by atoms with E-state index in [1.807, 2.05) is 0 Å². The van der Waals surface area contributed by atoms with Crippen LogP contribution >= 0.6 is 0 Å². The molecule has 0 aromatic heterocycles. The summed E-state index contributed by atoms with van der Waals surface area (Å²) in [4.78, 5) is 37.8. The van der Waals surface area contributed by atoms with Gasteiger partial charge < -0.3 is 18.9 Å². The van der Waals surface area contributed by atoms with Crippen LogP contribution in [-0.2, 0) is 15.9 Å². The Labute approximate surface area is 199 Å². The first-order chi connectivity index (χ1) is 15.8. The summed E-state index contributed by atoms with van der Waals surface area (Å²) < 4.78 is 22.3. The van der Waals surface area contributed by atoms with Gasteiger partial charge >= 0.3 is 18.0 Å². The van der Waals surface area contributed by atoms with Crippen LogP contribution in [0.3, 0.4) is 0 Å². The molecular formula is C26H31NO7. The summed E-state index contributed by atoms with van der Waals surface area (Å²) in [6.45, 7) is 10.9. The Morgan fingerprint density at radius 3 is 2.35 bits per heavy atom. The van der Waals surface area contributed by atoms with E-state index in [-0.39, 0.29) is 23.7 Å². The molecule has 0 radical (unpaired) electrons. The van der Waals surface area contributed by atoms with Crippen molar-refractivity contribution < 1.29 is 33.3 Å². The molecule has 0 saturated carbocycles. The predicted octanol–water partition coefficient (Wildman–Crippen LogP) is 5.53. The monoisotopic (exact) mass is 469 g/mol. The maximum atomic E-state index is 13.0. The van der Waals surface area contributed by atoms with E-state index < -0.39 is 29.2 Å². The number of para-hydroxylation sites is 1. The quantitative estimate of drug-likeness (QED) is 0.456. The minimum Gasteiger partial charge on any atom is -0.489 e. The van der Waals surface area contributed by atoms with Crippen LogP contribution in [0, 0.1) is 0 Å². The number of rotatable bonds is 2. The number of hydrogen-bond donors (Lipinski definition) is 1. The van der Waals surface area contributed by atoms with E-state index in [2.05, 4.69) is 5.32 Å². The maximum Gasteiger partial charge on any atom is 0.412 e. The molecule has 0 unspecified atom stereocenters. The summed E-state index contributed by atoms with van der Waals surface area (Å²) in [5.41, 5.74) is 0.455. The van der Waals surface area contributed by atoms with Crippen molar-refractivity contribution in [2.75, 3.05) is 11.9 Å². The molecule has 0 aliphatic carbocycles. The van der Waals surface area contributed by atoms with Gasteiger partial charge in [-0.3, -0.25) is 5.32 Å². The molecule has 0 fully saturated rings. The average Bonchev–Trinajstić information content (AvgIpc) is 2.69. The third kappa shape index (κ3) is 6.73. The molecule has 34 heavy (non-hydrogen) atoms. The van der Waals surface area contributed by atoms with Gasteiger partial charge in [0.15, 0.2) is 11.5 Å². The number of ether oxygens (including phenoxy) is 4. The highest BCUT2D eigenvalue weighted by molar-refractivity contribution is 5.97. The third-order valence-corrected chi connectivity index (χ3v) is 4.61. The smallest absolute Gasteiger partial charge is 0.412 e. The van der Waals surface area contributed by atoms with E-state index in [4.69, 9.17) is 18.9 Å². The molecular weight excluding hydrogens is 438 g/mol. The van der Waals surface area contributed by atoms with Crippen LogP contribution in [0.1, 0.15) is 74.2 Å². The predicted molar refractivity (Wildman–Crippen MR) is 127 cm³/mol. The van der Waals surface area contributed by atoms with Crippen LogP contribution < -0.4 is 14.8 Å². The number of benzene rings is 2. The standard InChI is InChI=1S/C26H31NO7/c1-25(2,3)33-23(29)19-10-7-11-20-21(19)31-14-8-9-16-15-17(12-13-18(16)22(28)32-20)27-24(30)34-26(4,5)6/h7,10-13,15H,8-9,14H2,1-6H3,(H,27,30). The van der Waals surface area contributed by atoms with Crippen molar-refractivity contribution in [2.45, 2.75) is 65.6 Å². The van der Waals surface area contributed by atoms with Crippen molar-refractivity contribution in [3.63, 3.8) is 0 Å². The fourth-order valence-electron chi connectivity index (χ4n) is 3.33. The van der Waals surface area contributed by atoms with Gasteiger partial charge in [0, 0.05) is 5.69 Å². The lowest BCUT2D eigenvalue weighted by Gasteiger charge is -2.22. The molecule has 0 bridgehead atoms. The number of carbonyl (C=O) groups is 3. The van der Waals surface area contributed by atoms with Gasteiger partial charge in [-0.1, -0.05) is 6.07 Å². The minimum absolute atomic E-state index is 0.136. The maximum absolute atomic E-state index is 13.0. The number of fused-ring (bicyclic) bond motifs is 2. The Kier molecular flexibility index (Phi) is 7.19. The first-order valence-corrected chi connectivity index (χ1v) is 11.2. The highest BCUT2D eigenvalue weighted by atomic mass is 16.6. The largest absolute Gasteiger partial charge is 0.489 e. The molecule has 0 atom stereocenters. The van der Waals surface area contributed by atoms with Crippen LogP contribution in [0.4, 0.5) is 10.5 Å². The van der Waals surface area contributed by atoms with Gasteiger partial charge in [-0.25, -0.2) is 14.4 Å². The Morgan fingerprint density at radius 1 is 0.971 bits per heavy atom. The molecule has 2 aromatic carbocycles. The summed E-state index contributed by atoms with van der Waals surface area (Å²) in [6, 6.07) is 9.69. The summed E-state index contributed by atoms with van der Waals surface area (Å²) in [7, 11) is 0. The van der Waals surface area contributed by atoms with Crippen LogP contribution in [0.5, 0.6) is 11.5 Å². The van der Waals surface area contributed by atoms with Crippen LogP contribution in [-0.4, -0.2) is 35.8 Å². The zero-order valence-corrected chi connectivity index (χ0v) is 20.4. The molecule has 1 amide bonds. The van der Waals surface area contributed by atoms with Gasteiger partial charge in [0.2, 0.25) is 0 Å². The molecule has 1 aliphatic heterocycles. The molecule has 8 heteroatoms. The molecule has 3 rings (SSSR count). The molecule has 182 valence electrons. The van der Waals surface area contributed by atoms with E-state index in [0.717, 1.165) is 0 Å². The number of nitrogens with one attached hydrogen (secondary N) is 1. The van der Waals surface area contributed by atoms with E-state index in [1.165, 1.54) is 0 Å². The molecule has 8 nitrogen and oxygen atoms in total. The molecule has 1 N–H and O–H groups in total. The SMILES string of the molecule is CC(C)(C)OC(=O)Nc1ccc2c(c1)CCCOc1c(cccc1C(=O)OC(C)(C)C)OC2=O. The topological polar surface area (TPSA) is 100 Å². The summed E-state index contributed by atoms with van der Waals surface area (Å²) in [6.07, 6.45) is 0.484. The fourth-order valence-corrected chi connectivity index (χ4v) is 3.33. The van der Waals surface area contributed by atoms with Gasteiger partial charge in [0.05, 0.1) is 12.2 Å².